The van der Waals surface area contributed by atoms with Crippen LogP contribution in [0.4, 0.5) is 13.2 Å². The molecule has 0 atom stereocenters. The van der Waals surface area contributed by atoms with Crippen molar-refractivity contribution in [3.05, 3.63) is 0 Å². The third-order valence-corrected chi connectivity index (χ3v) is 3.66. The van der Waals surface area contributed by atoms with Crippen molar-refractivity contribution in [3.8, 4) is 0 Å². The second-order valence-corrected chi connectivity index (χ2v) is 5.71. The number of rotatable bonds is 8. The standard InChI is InChI=1S/C15H28F3N5O2.HI/c1-3-19-14(21-5-4-15(16,17)18)23-9-7-22(8-10-23)12-13(24)20-6-11-25-2;/h3-12H2,1-2H3,(H,19,21)(H,20,24);1H. The molecule has 1 amide bonds. The first-order valence-corrected chi connectivity index (χ1v) is 8.43. The number of nitrogens with zero attached hydrogens (tertiary/aromatic N) is 3. The second-order valence-electron chi connectivity index (χ2n) is 5.71. The van der Waals surface area contributed by atoms with Crippen LogP contribution in [0.1, 0.15) is 13.3 Å². The van der Waals surface area contributed by atoms with Crippen LogP contribution in [-0.2, 0) is 9.53 Å². The molecule has 1 aliphatic heterocycles. The molecular formula is C15H29F3IN5O2. The van der Waals surface area contributed by atoms with Gasteiger partial charge in [-0.15, -0.1) is 24.0 Å². The van der Waals surface area contributed by atoms with E-state index in [4.69, 9.17) is 4.74 Å². The Bertz CT molecular complexity index is 430. The highest BCUT2D eigenvalue weighted by Gasteiger charge is 2.27. The van der Waals surface area contributed by atoms with Crippen molar-refractivity contribution in [1.29, 1.82) is 0 Å². The summed E-state index contributed by atoms with van der Waals surface area (Å²) in [5.41, 5.74) is 0. The lowest BCUT2D eigenvalue weighted by Crippen LogP contribution is -2.54. The van der Waals surface area contributed by atoms with E-state index in [-0.39, 0.29) is 36.4 Å². The van der Waals surface area contributed by atoms with Gasteiger partial charge in [0, 0.05) is 46.4 Å². The maximum Gasteiger partial charge on any atom is 0.390 e. The summed E-state index contributed by atoms with van der Waals surface area (Å²) in [5, 5.41) is 5.79. The van der Waals surface area contributed by atoms with Crippen LogP contribution in [0, 0.1) is 0 Å². The van der Waals surface area contributed by atoms with Gasteiger partial charge in [0.15, 0.2) is 5.96 Å². The van der Waals surface area contributed by atoms with Crippen LogP contribution < -0.4 is 10.6 Å². The molecule has 0 saturated carbocycles. The zero-order valence-corrected chi connectivity index (χ0v) is 17.6. The molecule has 1 rings (SSSR count). The van der Waals surface area contributed by atoms with Crippen LogP contribution in [0.5, 0.6) is 0 Å². The molecule has 2 N–H and O–H groups in total. The zero-order chi connectivity index (χ0) is 18.7. The van der Waals surface area contributed by atoms with Crippen LogP contribution in [0.25, 0.3) is 0 Å². The number of piperazine rings is 1. The van der Waals surface area contributed by atoms with Gasteiger partial charge in [-0.25, -0.2) is 0 Å². The summed E-state index contributed by atoms with van der Waals surface area (Å²) in [7, 11) is 1.57. The highest BCUT2D eigenvalue weighted by molar-refractivity contribution is 14.0. The van der Waals surface area contributed by atoms with E-state index in [1.54, 1.807) is 7.11 Å². The van der Waals surface area contributed by atoms with Crippen LogP contribution in [-0.4, -0.2) is 93.9 Å². The molecule has 1 aliphatic rings. The van der Waals surface area contributed by atoms with Gasteiger partial charge in [0.1, 0.15) is 0 Å². The average Bonchev–Trinajstić information content (AvgIpc) is 2.54. The molecule has 0 aromatic heterocycles. The Morgan fingerprint density at radius 2 is 1.85 bits per heavy atom. The maximum atomic E-state index is 12.3. The number of guanidine groups is 1. The molecule has 0 aromatic carbocycles. The summed E-state index contributed by atoms with van der Waals surface area (Å²) in [6, 6.07) is 0. The first kappa shape index (κ1) is 25.2. The molecule has 0 bridgehead atoms. The summed E-state index contributed by atoms with van der Waals surface area (Å²) < 4.78 is 41.7. The highest BCUT2D eigenvalue weighted by Crippen LogP contribution is 2.19. The number of carbonyl (C=O) groups is 1. The molecule has 0 unspecified atom stereocenters. The van der Waals surface area contributed by atoms with E-state index in [9.17, 15) is 18.0 Å². The minimum atomic E-state index is -4.20. The summed E-state index contributed by atoms with van der Waals surface area (Å²) >= 11 is 0. The van der Waals surface area contributed by atoms with Crippen molar-refractivity contribution in [2.24, 2.45) is 4.99 Å². The van der Waals surface area contributed by atoms with Gasteiger partial charge in [0.2, 0.25) is 5.91 Å². The van der Waals surface area contributed by atoms with Crippen LogP contribution in [0.2, 0.25) is 0 Å². The average molecular weight is 495 g/mol. The van der Waals surface area contributed by atoms with Gasteiger partial charge in [-0.2, -0.15) is 13.2 Å². The molecule has 7 nitrogen and oxygen atoms in total. The summed E-state index contributed by atoms with van der Waals surface area (Å²) in [6.07, 6.45) is -5.13. The van der Waals surface area contributed by atoms with Crippen molar-refractivity contribution in [2.45, 2.75) is 19.5 Å². The number of hydrogen-bond donors (Lipinski definition) is 2. The Morgan fingerprint density at radius 3 is 2.38 bits per heavy atom. The summed E-state index contributed by atoms with van der Waals surface area (Å²) in [6.45, 7) is 5.97. The van der Waals surface area contributed by atoms with Crippen molar-refractivity contribution in [3.63, 3.8) is 0 Å². The molecule has 1 heterocycles. The number of aliphatic imine (C=N–C) groups is 1. The van der Waals surface area contributed by atoms with Gasteiger partial charge in [-0.05, 0) is 6.92 Å². The van der Waals surface area contributed by atoms with Crippen molar-refractivity contribution >= 4 is 35.8 Å². The Balaban J connectivity index is 0.00000625. The fraction of sp³-hybridized carbons (Fsp3) is 0.867. The molecule has 0 radical (unpaired) electrons. The van der Waals surface area contributed by atoms with Crippen molar-refractivity contribution in [1.82, 2.24) is 20.4 Å². The Labute approximate surface area is 169 Å². The second kappa shape index (κ2) is 13.4. The molecule has 1 fully saturated rings. The van der Waals surface area contributed by atoms with E-state index in [1.165, 1.54) is 0 Å². The molecule has 0 aliphatic carbocycles. The first-order chi connectivity index (χ1) is 11.9. The minimum absolute atomic E-state index is 0. The minimum Gasteiger partial charge on any atom is -0.383 e. The number of methoxy groups -OCH3 is 1. The van der Waals surface area contributed by atoms with Crippen molar-refractivity contribution in [2.75, 3.05) is 66.1 Å². The lowest BCUT2D eigenvalue weighted by Gasteiger charge is -2.36. The van der Waals surface area contributed by atoms with Crippen LogP contribution in [0.15, 0.2) is 4.99 Å². The Kier molecular flexibility index (Phi) is 12.9. The largest absolute Gasteiger partial charge is 0.390 e. The molecule has 154 valence electrons. The van der Waals surface area contributed by atoms with Crippen LogP contribution >= 0.6 is 24.0 Å². The molecule has 1 saturated heterocycles. The van der Waals surface area contributed by atoms with E-state index in [0.29, 0.717) is 58.4 Å². The zero-order valence-electron chi connectivity index (χ0n) is 15.3. The van der Waals surface area contributed by atoms with E-state index >= 15 is 0 Å². The maximum absolute atomic E-state index is 12.3. The van der Waals surface area contributed by atoms with E-state index in [1.807, 2.05) is 16.7 Å². The highest BCUT2D eigenvalue weighted by atomic mass is 127. The van der Waals surface area contributed by atoms with E-state index in [2.05, 4.69) is 15.6 Å². The monoisotopic (exact) mass is 495 g/mol. The van der Waals surface area contributed by atoms with Crippen LogP contribution in [0.3, 0.4) is 0 Å². The van der Waals surface area contributed by atoms with E-state index in [0.717, 1.165) is 0 Å². The number of alkyl halides is 3. The van der Waals surface area contributed by atoms with Gasteiger partial charge in [-0.3, -0.25) is 14.7 Å². The summed E-state index contributed by atoms with van der Waals surface area (Å²) in [4.78, 5) is 19.8. The predicted octanol–water partition coefficient (Wildman–Crippen LogP) is 0.903. The number of amides is 1. The van der Waals surface area contributed by atoms with Gasteiger partial charge in [-0.1, -0.05) is 0 Å². The summed E-state index contributed by atoms with van der Waals surface area (Å²) in [5.74, 6) is 0.437. The van der Waals surface area contributed by atoms with Gasteiger partial charge in [0.05, 0.1) is 26.1 Å². The topological polar surface area (TPSA) is 69.2 Å². The SMILES string of the molecule is CCNC(=NCCC(F)(F)F)N1CCN(CC(=O)NCCOC)CC1.I. The normalized spacial score (nSPS) is 16.2. The molecular weight excluding hydrogens is 466 g/mol. The van der Waals surface area contributed by atoms with E-state index < -0.39 is 12.6 Å². The molecule has 11 heteroatoms. The number of carbonyl (C=O) groups excluding carboxylic acids is 1. The quantitative estimate of drug-likeness (QED) is 0.227. The van der Waals surface area contributed by atoms with Gasteiger partial charge < -0.3 is 20.3 Å². The Morgan fingerprint density at radius 1 is 1.19 bits per heavy atom. The van der Waals surface area contributed by atoms with Crippen molar-refractivity contribution < 1.29 is 22.7 Å². The van der Waals surface area contributed by atoms with Gasteiger partial charge in [0.25, 0.3) is 0 Å². The predicted molar refractivity (Wildman–Crippen MR) is 105 cm³/mol. The number of ether oxygens (including phenoxy) is 1. The smallest absolute Gasteiger partial charge is 0.383 e. The number of hydrogen-bond acceptors (Lipinski definition) is 4. The molecule has 26 heavy (non-hydrogen) atoms. The fourth-order valence-electron chi connectivity index (χ4n) is 2.38. The molecule has 0 spiro atoms. The fourth-order valence-corrected chi connectivity index (χ4v) is 2.38. The Hall–Kier alpha value is -0.820. The number of halogens is 4. The number of nitrogens with one attached hydrogen (secondary N) is 2. The first-order valence-electron chi connectivity index (χ1n) is 8.43. The third kappa shape index (κ3) is 11.0. The van der Waals surface area contributed by atoms with Gasteiger partial charge >= 0.3 is 6.18 Å². The third-order valence-electron chi connectivity index (χ3n) is 3.66. The molecule has 0 aromatic rings. The lowest BCUT2D eigenvalue weighted by atomic mass is 10.3. The lowest BCUT2D eigenvalue weighted by molar-refractivity contribution is -0.132.